The number of nitrogens with one attached hydrogen (secondary N) is 2. The summed E-state index contributed by atoms with van der Waals surface area (Å²) in [5.74, 6) is 0.0938. The highest BCUT2D eigenvalue weighted by atomic mass is 16.3. The molecule has 0 saturated heterocycles. The fourth-order valence-corrected chi connectivity index (χ4v) is 3.23. The van der Waals surface area contributed by atoms with Crippen molar-refractivity contribution in [2.24, 2.45) is 0 Å². The first-order valence-electron chi connectivity index (χ1n) is 9.32. The van der Waals surface area contributed by atoms with Crippen molar-refractivity contribution in [2.75, 3.05) is 0 Å². The van der Waals surface area contributed by atoms with Gasteiger partial charge in [0, 0.05) is 17.2 Å². The molecule has 142 valence electrons. The second-order valence-electron chi connectivity index (χ2n) is 7.17. The van der Waals surface area contributed by atoms with Crippen LogP contribution in [0.15, 0.2) is 53.3 Å². The number of rotatable bonds is 4. The average Bonchev–Trinajstić information content (AvgIpc) is 2.66. The molecule has 1 amide bonds. The van der Waals surface area contributed by atoms with Gasteiger partial charge in [-0.1, -0.05) is 12.1 Å². The van der Waals surface area contributed by atoms with Gasteiger partial charge in [0.2, 0.25) is 0 Å². The lowest BCUT2D eigenvalue weighted by Crippen LogP contribution is -2.39. The number of hydrogen-bond acceptors (Lipinski definition) is 4. The Morgan fingerprint density at radius 2 is 1.96 bits per heavy atom. The van der Waals surface area contributed by atoms with Crippen LogP contribution in [-0.2, 0) is 0 Å². The summed E-state index contributed by atoms with van der Waals surface area (Å²) in [4.78, 5) is 31.4. The molecule has 4 rings (SSSR count). The van der Waals surface area contributed by atoms with E-state index in [1.54, 1.807) is 49.4 Å². The van der Waals surface area contributed by atoms with Gasteiger partial charge in [0.15, 0.2) is 0 Å². The van der Waals surface area contributed by atoms with Gasteiger partial charge < -0.3 is 15.4 Å². The largest absolute Gasteiger partial charge is 0.508 e. The summed E-state index contributed by atoms with van der Waals surface area (Å²) in [7, 11) is 0. The van der Waals surface area contributed by atoms with Crippen LogP contribution in [0, 0.1) is 6.92 Å². The van der Waals surface area contributed by atoms with Crippen molar-refractivity contribution in [1.82, 2.24) is 15.3 Å². The van der Waals surface area contributed by atoms with Gasteiger partial charge in [-0.15, -0.1) is 0 Å². The normalized spacial score (nSPS) is 13.8. The van der Waals surface area contributed by atoms with Crippen molar-refractivity contribution < 1.29 is 9.90 Å². The molecule has 1 heterocycles. The maximum Gasteiger partial charge on any atom is 0.345 e. The van der Waals surface area contributed by atoms with Crippen LogP contribution in [0.1, 0.15) is 35.2 Å². The summed E-state index contributed by atoms with van der Waals surface area (Å²) >= 11 is 0. The number of aromatic hydroxyl groups is 1. The Kier molecular flexibility index (Phi) is 4.69. The molecule has 1 aliphatic carbocycles. The summed E-state index contributed by atoms with van der Waals surface area (Å²) in [5, 5.41) is 12.7. The van der Waals surface area contributed by atoms with Crippen molar-refractivity contribution >= 4 is 5.91 Å². The van der Waals surface area contributed by atoms with Crippen molar-refractivity contribution in [2.45, 2.75) is 32.2 Å². The second-order valence-corrected chi connectivity index (χ2v) is 7.17. The van der Waals surface area contributed by atoms with Gasteiger partial charge in [-0.2, -0.15) is 4.98 Å². The molecule has 28 heavy (non-hydrogen) atoms. The standard InChI is InChI=1S/C22H21N3O3/c1-13-10-15(8-9-20(13)26)19-12-18(24-22(28)25-19)14-4-2-5-16(11-14)21(27)23-17-6-3-7-17/h2,4-5,8-12,17,26H,3,6-7H2,1H3,(H,23,27)(H,24,25,28). The van der Waals surface area contributed by atoms with E-state index in [1.165, 1.54) is 0 Å². The third-order valence-electron chi connectivity index (χ3n) is 5.11. The first kappa shape index (κ1) is 18.0. The fourth-order valence-electron chi connectivity index (χ4n) is 3.23. The number of amides is 1. The summed E-state index contributed by atoms with van der Waals surface area (Å²) in [6.07, 6.45) is 3.20. The quantitative estimate of drug-likeness (QED) is 0.651. The van der Waals surface area contributed by atoms with Crippen molar-refractivity contribution in [1.29, 1.82) is 0 Å². The maximum absolute atomic E-state index is 12.4. The van der Waals surface area contributed by atoms with Crippen LogP contribution in [0.3, 0.4) is 0 Å². The number of aromatic amines is 1. The average molecular weight is 375 g/mol. The van der Waals surface area contributed by atoms with Gasteiger partial charge in [-0.05, 0) is 73.7 Å². The number of phenolic OH excluding ortho intramolecular Hbond substituents is 1. The Morgan fingerprint density at radius 1 is 1.14 bits per heavy atom. The van der Waals surface area contributed by atoms with Crippen molar-refractivity contribution in [3.63, 3.8) is 0 Å². The molecule has 1 fully saturated rings. The molecule has 1 aromatic heterocycles. The van der Waals surface area contributed by atoms with Gasteiger partial charge in [0.05, 0.1) is 11.4 Å². The minimum atomic E-state index is -0.470. The summed E-state index contributed by atoms with van der Waals surface area (Å²) in [6.45, 7) is 1.79. The van der Waals surface area contributed by atoms with Gasteiger partial charge in [-0.3, -0.25) is 4.79 Å². The first-order valence-corrected chi connectivity index (χ1v) is 9.32. The number of carbonyl (C=O) groups excluding carboxylic acids is 1. The van der Waals surface area contributed by atoms with Crippen LogP contribution in [-0.4, -0.2) is 27.0 Å². The third-order valence-corrected chi connectivity index (χ3v) is 5.11. The Bertz CT molecular complexity index is 1100. The number of benzene rings is 2. The van der Waals surface area contributed by atoms with Crippen LogP contribution in [0.2, 0.25) is 0 Å². The molecule has 6 nitrogen and oxygen atoms in total. The lowest BCUT2D eigenvalue weighted by Gasteiger charge is -2.26. The zero-order valence-corrected chi connectivity index (χ0v) is 15.5. The highest BCUT2D eigenvalue weighted by Gasteiger charge is 2.20. The van der Waals surface area contributed by atoms with Gasteiger partial charge in [0.25, 0.3) is 5.91 Å². The van der Waals surface area contributed by atoms with Crippen LogP contribution < -0.4 is 11.0 Å². The van der Waals surface area contributed by atoms with Crippen molar-refractivity contribution in [3.8, 4) is 28.3 Å². The maximum atomic E-state index is 12.4. The third kappa shape index (κ3) is 3.67. The highest BCUT2D eigenvalue weighted by Crippen LogP contribution is 2.26. The van der Waals surface area contributed by atoms with Crippen LogP contribution in [0.5, 0.6) is 5.75 Å². The molecule has 0 bridgehead atoms. The minimum absolute atomic E-state index is 0.106. The van der Waals surface area contributed by atoms with Gasteiger partial charge in [0.1, 0.15) is 5.75 Å². The van der Waals surface area contributed by atoms with Crippen LogP contribution >= 0.6 is 0 Å². The molecule has 0 radical (unpaired) electrons. The lowest BCUT2D eigenvalue weighted by atomic mass is 9.93. The van der Waals surface area contributed by atoms with E-state index < -0.39 is 5.69 Å². The topological polar surface area (TPSA) is 95.1 Å². The summed E-state index contributed by atoms with van der Waals surface area (Å²) in [6, 6.07) is 14.3. The molecule has 6 heteroatoms. The molecule has 3 aromatic rings. The summed E-state index contributed by atoms with van der Waals surface area (Å²) < 4.78 is 0. The molecule has 0 aliphatic heterocycles. The Hall–Kier alpha value is -3.41. The molecule has 0 unspecified atom stereocenters. The molecule has 0 spiro atoms. The number of nitrogens with zero attached hydrogens (tertiary/aromatic N) is 1. The van der Waals surface area contributed by atoms with E-state index >= 15 is 0 Å². The Balaban J connectivity index is 1.68. The van der Waals surface area contributed by atoms with E-state index in [9.17, 15) is 14.7 Å². The molecule has 1 saturated carbocycles. The molecule has 0 atom stereocenters. The smallest absolute Gasteiger partial charge is 0.345 e. The van der Waals surface area contributed by atoms with E-state index in [4.69, 9.17) is 0 Å². The molecule has 1 aliphatic rings. The molecule has 2 aromatic carbocycles. The summed E-state index contributed by atoms with van der Waals surface area (Å²) in [5.41, 5.74) is 3.35. The Labute approximate surface area is 162 Å². The van der Waals surface area contributed by atoms with Gasteiger partial charge >= 0.3 is 5.69 Å². The van der Waals surface area contributed by atoms with Crippen LogP contribution in [0.4, 0.5) is 0 Å². The van der Waals surface area contributed by atoms with E-state index in [-0.39, 0.29) is 17.7 Å². The predicted molar refractivity (Wildman–Crippen MR) is 107 cm³/mol. The second kappa shape index (κ2) is 7.31. The van der Waals surface area contributed by atoms with E-state index in [0.717, 1.165) is 24.8 Å². The number of H-pyrrole nitrogens is 1. The SMILES string of the molecule is Cc1cc(-c2cc(-c3cccc(C(=O)NC4CCC4)c3)nc(=O)[nH]2)ccc1O. The number of aryl methyl sites for hydroxylation is 1. The predicted octanol–water partition coefficient (Wildman–Crippen LogP) is 3.40. The van der Waals surface area contributed by atoms with Gasteiger partial charge in [-0.25, -0.2) is 4.79 Å². The fraction of sp³-hybridized carbons (Fsp3) is 0.227. The number of aromatic nitrogens is 2. The van der Waals surface area contributed by atoms with E-state index in [1.807, 2.05) is 6.07 Å². The Morgan fingerprint density at radius 3 is 2.68 bits per heavy atom. The lowest BCUT2D eigenvalue weighted by molar-refractivity contribution is 0.0917. The highest BCUT2D eigenvalue weighted by molar-refractivity contribution is 5.95. The zero-order chi connectivity index (χ0) is 19.7. The number of hydrogen-bond donors (Lipinski definition) is 3. The number of carbonyl (C=O) groups is 1. The molecular weight excluding hydrogens is 354 g/mol. The first-order chi connectivity index (χ1) is 13.5. The van der Waals surface area contributed by atoms with E-state index in [0.29, 0.717) is 28.1 Å². The van der Waals surface area contributed by atoms with Crippen LogP contribution in [0.25, 0.3) is 22.5 Å². The molecule has 3 N–H and O–H groups in total. The molecular formula is C22H21N3O3. The zero-order valence-electron chi connectivity index (χ0n) is 15.5. The monoisotopic (exact) mass is 375 g/mol. The number of phenols is 1. The van der Waals surface area contributed by atoms with E-state index in [2.05, 4.69) is 15.3 Å². The minimum Gasteiger partial charge on any atom is -0.508 e. The van der Waals surface area contributed by atoms with Crippen molar-refractivity contribution in [3.05, 3.63) is 70.1 Å².